The zero-order valence-corrected chi connectivity index (χ0v) is 14.4. The van der Waals surface area contributed by atoms with Gasteiger partial charge in [-0.05, 0) is 39.3 Å². The first-order valence-corrected chi connectivity index (χ1v) is 8.88. The van der Waals surface area contributed by atoms with E-state index < -0.39 is 0 Å². The van der Waals surface area contributed by atoms with Gasteiger partial charge in [0.25, 0.3) is 0 Å². The molecule has 2 aliphatic heterocycles. The lowest BCUT2D eigenvalue weighted by molar-refractivity contribution is 0.0288. The van der Waals surface area contributed by atoms with Crippen LogP contribution in [-0.2, 0) is 0 Å². The van der Waals surface area contributed by atoms with E-state index in [2.05, 4.69) is 65.9 Å². The number of nitrogens with zero attached hydrogens (tertiary/aromatic N) is 3. The Morgan fingerprint density at radius 2 is 1.68 bits per heavy atom. The van der Waals surface area contributed by atoms with Gasteiger partial charge >= 0.3 is 0 Å². The van der Waals surface area contributed by atoms with E-state index in [9.17, 15) is 0 Å². The number of likely N-dealkylation sites (N-methyl/N-ethyl adjacent to an activating group) is 1. The van der Waals surface area contributed by atoms with Crippen LogP contribution in [0.3, 0.4) is 0 Å². The first kappa shape index (κ1) is 16.0. The van der Waals surface area contributed by atoms with Crippen LogP contribution in [0.15, 0.2) is 30.3 Å². The quantitative estimate of drug-likeness (QED) is 0.850. The second kappa shape index (κ2) is 7.12. The molecular formula is C19H31N3. The monoisotopic (exact) mass is 301 g/mol. The molecule has 2 unspecified atom stereocenters. The van der Waals surface area contributed by atoms with Gasteiger partial charge in [0.2, 0.25) is 0 Å². The van der Waals surface area contributed by atoms with Crippen molar-refractivity contribution in [3.63, 3.8) is 0 Å². The highest BCUT2D eigenvalue weighted by Gasteiger charge is 2.32. The molecule has 3 atom stereocenters. The number of likely N-dealkylation sites (tertiary alicyclic amines) is 1. The molecule has 2 heterocycles. The van der Waals surface area contributed by atoms with Crippen molar-refractivity contribution in [1.82, 2.24) is 14.7 Å². The predicted octanol–water partition coefficient (Wildman–Crippen LogP) is 2.85. The molecule has 2 aliphatic rings. The summed E-state index contributed by atoms with van der Waals surface area (Å²) >= 11 is 0. The molecule has 0 radical (unpaired) electrons. The highest BCUT2D eigenvalue weighted by Crippen LogP contribution is 2.30. The highest BCUT2D eigenvalue weighted by molar-refractivity contribution is 5.18. The first-order valence-electron chi connectivity index (χ1n) is 8.88. The molecule has 122 valence electrons. The van der Waals surface area contributed by atoms with Crippen molar-refractivity contribution in [3.05, 3.63) is 35.9 Å². The van der Waals surface area contributed by atoms with Crippen molar-refractivity contribution in [2.24, 2.45) is 0 Å². The van der Waals surface area contributed by atoms with Gasteiger partial charge < -0.3 is 4.90 Å². The van der Waals surface area contributed by atoms with E-state index in [1.165, 1.54) is 51.1 Å². The molecule has 2 saturated heterocycles. The van der Waals surface area contributed by atoms with Gasteiger partial charge in [-0.2, -0.15) is 0 Å². The van der Waals surface area contributed by atoms with Gasteiger partial charge in [0.05, 0.1) is 0 Å². The van der Waals surface area contributed by atoms with Crippen molar-refractivity contribution in [3.8, 4) is 0 Å². The molecule has 1 aromatic carbocycles. The summed E-state index contributed by atoms with van der Waals surface area (Å²) in [5, 5.41) is 0. The van der Waals surface area contributed by atoms with Crippen LogP contribution >= 0.6 is 0 Å². The van der Waals surface area contributed by atoms with Gasteiger partial charge in [-0.15, -0.1) is 0 Å². The molecule has 0 saturated carbocycles. The molecule has 3 nitrogen and oxygen atoms in total. The van der Waals surface area contributed by atoms with Gasteiger partial charge in [0, 0.05) is 50.8 Å². The molecule has 22 heavy (non-hydrogen) atoms. The van der Waals surface area contributed by atoms with Crippen LogP contribution in [0.4, 0.5) is 0 Å². The maximum Gasteiger partial charge on any atom is 0.0322 e. The van der Waals surface area contributed by atoms with Crippen molar-refractivity contribution in [2.75, 3.05) is 39.8 Å². The minimum absolute atomic E-state index is 0.532. The van der Waals surface area contributed by atoms with Crippen molar-refractivity contribution >= 4 is 0 Å². The molecule has 0 spiro atoms. The molecular weight excluding hydrogens is 270 g/mol. The summed E-state index contributed by atoms with van der Waals surface area (Å²) in [4.78, 5) is 7.88. The second-order valence-electron chi connectivity index (χ2n) is 7.19. The second-order valence-corrected chi connectivity index (χ2v) is 7.19. The Bertz CT molecular complexity index is 453. The SMILES string of the molecule is CC1CC(N2CCN(C)CC2)CCN1[C@@H](C)c1ccccc1. The molecule has 3 heteroatoms. The smallest absolute Gasteiger partial charge is 0.0322 e. The maximum atomic E-state index is 2.74. The Morgan fingerprint density at radius 1 is 1.00 bits per heavy atom. The largest absolute Gasteiger partial charge is 0.304 e. The van der Waals surface area contributed by atoms with Gasteiger partial charge in [0.1, 0.15) is 0 Å². The van der Waals surface area contributed by atoms with Crippen LogP contribution in [0.1, 0.15) is 38.3 Å². The van der Waals surface area contributed by atoms with E-state index >= 15 is 0 Å². The summed E-state index contributed by atoms with van der Waals surface area (Å²) in [5.41, 5.74) is 1.45. The van der Waals surface area contributed by atoms with E-state index in [1.54, 1.807) is 0 Å². The summed E-state index contributed by atoms with van der Waals surface area (Å²) in [6, 6.07) is 13.0. The van der Waals surface area contributed by atoms with E-state index in [-0.39, 0.29) is 0 Å². The minimum Gasteiger partial charge on any atom is -0.304 e. The third-order valence-corrected chi connectivity index (χ3v) is 5.73. The minimum atomic E-state index is 0.532. The topological polar surface area (TPSA) is 9.72 Å². The van der Waals surface area contributed by atoms with Crippen LogP contribution < -0.4 is 0 Å². The summed E-state index contributed by atoms with van der Waals surface area (Å²) in [7, 11) is 2.24. The molecule has 0 bridgehead atoms. The van der Waals surface area contributed by atoms with Gasteiger partial charge in [-0.3, -0.25) is 9.80 Å². The molecule has 3 rings (SSSR count). The van der Waals surface area contributed by atoms with Crippen molar-refractivity contribution in [2.45, 2.75) is 44.8 Å². The summed E-state index contributed by atoms with van der Waals surface area (Å²) < 4.78 is 0. The Morgan fingerprint density at radius 3 is 2.32 bits per heavy atom. The number of rotatable bonds is 3. The van der Waals surface area contributed by atoms with Crippen LogP contribution in [-0.4, -0.2) is 66.6 Å². The third kappa shape index (κ3) is 3.53. The lowest BCUT2D eigenvalue weighted by atomic mass is 9.93. The first-order chi connectivity index (χ1) is 10.6. The Labute approximate surface area is 135 Å². The number of hydrogen-bond acceptors (Lipinski definition) is 3. The molecule has 0 N–H and O–H groups in total. The fourth-order valence-electron chi connectivity index (χ4n) is 4.18. The van der Waals surface area contributed by atoms with Gasteiger partial charge in [-0.25, -0.2) is 0 Å². The molecule has 0 aliphatic carbocycles. The lowest BCUT2D eigenvalue weighted by Gasteiger charge is -2.46. The molecule has 0 aromatic heterocycles. The average Bonchev–Trinajstić information content (AvgIpc) is 2.56. The van der Waals surface area contributed by atoms with E-state index in [0.717, 1.165) is 6.04 Å². The van der Waals surface area contributed by atoms with Crippen molar-refractivity contribution < 1.29 is 0 Å². The van der Waals surface area contributed by atoms with E-state index in [1.807, 2.05) is 0 Å². The number of piperazine rings is 1. The number of hydrogen-bond donors (Lipinski definition) is 0. The Balaban J connectivity index is 1.58. The van der Waals surface area contributed by atoms with Crippen LogP contribution in [0, 0.1) is 0 Å². The number of benzene rings is 1. The van der Waals surface area contributed by atoms with Crippen LogP contribution in [0.5, 0.6) is 0 Å². The lowest BCUT2D eigenvalue weighted by Crippen LogP contribution is -2.54. The Hall–Kier alpha value is -0.900. The summed E-state index contributed by atoms with van der Waals surface area (Å²) in [5.74, 6) is 0. The summed E-state index contributed by atoms with van der Waals surface area (Å²) in [6.07, 6.45) is 2.64. The van der Waals surface area contributed by atoms with Crippen molar-refractivity contribution in [1.29, 1.82) is 0 Å². The van der Waals surface area contributed by atoms with Gasteiger partial charge in [-0.1, -0.05) is 30.3 Å². The van der Waals surface area contributed by atoms with E-state index in [0.29, 0.717) is 12.1 Å². The zero-order valence-electron chi connectivity index (χ0n) is 14.4. The molecule has 2 fully saturated rings. The molecule has 0 amide bonds. The predicted molar refractivity (Wildman–Crippen MR) is 93.1 cm³/mol. The highest BCUT2D eigenvalue weighted by atomic mass is 15.3. The molecule has 1 aromatic rings. The van der Waals surface area contributed by atoms with E-state index in [4.69, 9.17) is 0 Å². The summed E-state index contributed by atoms with van der Waals surface area (Å²) in [6.45, 7) is 11.0. The normalized spacial score (nSPS) is 30.3. The van der Waals surface area contributed by atoms with Crippen LogP contribution in [0.25, 0.3) is 0 Å². The number of piperidine rings is 1. The Kier molecular flexibility index (Phi) is 5.17. The standard InChI is InChI=1S/C19H31N3/c1-16-15-19(21-13-11-20(3)12-14-21)9-10-22(16)17(2)18-7-5-4-6-8-18/h4-8,16-17,19H,9-15H2,1-3H3/t16?,17-,19?/m0/s1. The fraction of sp³-hybridized carbons (Fsp3) is 0.684. The maximum absolute atomic E-state index is 2.74. The average molecular weight is 301 g/mol. The van der Waals surface area contributed by atoms with Crippen LogP contribution in [0.2, 0.25) is 0 Å². The third-order valence-electron chi connectivity index (χ3n) is 5.73. The fourth-order valence-corrected chi connectivity index (χ4v) is 4.18. The van der Waals surface area contributed by atoms with Gasteiger partial charge in [0.15, 0.2) is 0 Å². The zero-order chi connectivity index (χ0) is 15.5.